The van der Waals surface area contributed by atoms with Crippen molar-refractivity contribution in [2.45, 2.75) is 32.2 Å². The molecule has 1 aromatic heterocycles. The van der Waals surface area contributed by atoms with E-state index in [1.165, 1.54) is 12.1 Å². The Kier molecular flexibility index (Phi) is 6.15. The molecule has 21 heavy (non-hydrogen) atoms. The van der Waals surface area contributed by atoms with Gasteiger partial charge in [-0.05, 0) is 61.7 Å². The van der Waals surface area contributed by atoms with Crippen LogP contribution in [0.15, 0.2) is 42.6 Å². The van der Waals surface area contributed by atoms with Crippen molar-refractivity contribution in [2.24, 2.45) is 0 Å². The summed E-state index contributed by atoms with van der Waals surface area (Å²) in [5, 5.41) is 4.06. The molecule has 2 nitrogen and oxygen atoms in total. The molecule has 1 aromatic carbocycles. The molecule has 1 heterocycles. The number of pyridine rings is 1. The van der Waals surface area contributed by atoms with Crippen molar-refractivity contribution in [1.29, 1.82) is 0 Å². The predicted molar refractivity (Wildman–Crippen MR) is 85.1 cm³/mol. The summed E-state index contributed by atoms with van der Waals surface area (Å²) in [6, 6.07) is 10.7. The Morgan fingerprint density at radius 3 is 2.86 bits per heavy atom. The van der Waals surface area contributed by atoms with Crippen LogP contribution in [-0.2, 0) is 12.8 Å². The molecule has 1 unspecified atom stereocenters. The Labute approximate surface area is 130 Å². The van der Waals surface area contributed by atoms with Gasteiger partial charge in [-0.1, -0.05) is 24.6 Å². The molecule has 0 spiro atoms. The molecule has 0 saturated carbocycles. The van der Waals surface area contributed by atoms with Crippen LogP contribution in [-0.4, -0.2) is 17.6 Å². The minimum absolute atomic E-state index is 0.241. The number of likely N-dealkylation sites (N-methyl/N-ethyl adjacent to an activating group) is 1. The molecule has 0 aliphatic carbocycles. The number of hydrogen-bond acceptors (Lipinski definition) is 2. The molecule has 2 rings (SSSR count). The number of hydrogen-bond donors (Lipinski definition) is 1. The molecule has 0 aliphatic heterocycles. The number of halogens is 2. The fraction of sp³-hybridized carbons (Fsp3) is 0.353. The van der Waals surface area contributed by atoms with Gasteiger partial charge in [-0.25, -0.2) is 4.39 Å². The summed E-state index contributed by atoms with van der Waals surface area (Å²) in [7, 11) is 0. The third kappa shape index (κ3) is 5.10. The molecular formula is C17H20ClFN2. The lowest BCUT2D eigenvalue weighted by molar-refractivity contribution is 0.487. The predicted octanol–water partition coefficient (Wildman–Crippen LogP) is 4.03. The van der Waals surface area contributed by atoms with E-state index in [4.69, 9.17) is 11.6 Å². The van der Waals surface area contributed by atoms with Crippen molar-refractivity contribution >= 4 is 11.6 Å². The molecule has 0 radical (unpaired) electrons. The highest BCUT2D eigenvalue weighted by atomic mass is 35.5. The van der Waals surface area contributed by atoms with Gasteiger partial charge in [0.1, 0.15) is 5.82 Å². The maximum Gasteiger partial charge on any atom is 0.123 e. The molecule has 0 fully saturated rings. The van der Waals surface area contributed by atoms with Crippen LogP contribution in [0.25, 0.3) is 0 Å². The molecule has 4 heteroatoms. The Morgan fingerprint density at radius 1 is 1.29 bits per heavy atom. The maximum atomic E-state index is 13.3. The molecule has 2 aromatic rings. The van der Waals surface area contributed by atoms with Crippen LogP contribution in [0.4, 0.5) is 4.39 Å². The summed E-state index contributed by atoms with van der Waals surface area (Å²) in [5.74, 6) is -0.241. The number of nitrogens with one attached hydrogen (secondary N) is 1. The van der Waals surface area contributed by atoms with Gasteiger partial charge < -0.3 is 5.32 Å². The van der Waals surface area contributed by atoms with Crippen molar-refractivity contribution in [3.05, 3.63) is 64.7 Å². The van der Waals surface area contributed by atoms with E-state index in [9.17, 15) is 4.39 Å². The summed E-state index contributed by atoms with van der Waals surface area (Å²) in [6.07, 6.45) is 4.36. The molecule has 0 aliphatic rings. The van der Waals surface area contributed by atoms with E-state index in [0.29, 0.717) is 5.02 Å². The second kappa shape index (κ2) is 8.11. The quantitative estimate of drug-likeness (QED) is 0.835. The largest absolute Gasteiger partial charge is 0.314 e. The van der Waals surface area contributed by atoms with Gasteiger partial charge in [0.15, 0.2) is 0 Å². The fourth-order valence-corrected chi connectivity index (χ4v) is 2.59. The average Bonchev–Trinajstić information content (AvgIpc) is 2.50. The fourth-order valence-electron chi connectivity index (χ4n) is 2.40. The van der Waals surface area contributed by atoms with Gasteiger partial charge >= 0.3 is 0 Å². The number of aromatic nitrogens is 1. The molecule has 0 saturated heterocycles. The summed E-state index contributed by atoms with van der Waals surface area (Å²) in [5.41, 5.74) is 1.93. The maximum absolute atomic E-state index is 13.3. The van der Waals surface area contributed by atoms with Gasteiger partial charge in [-0.3, -0.25) is 4.98 Å². The van der Waals surface area contributed by atoms with Crippen LogP contribution in [0.1, 0.15) is 24.6 Å². The lowest BCUT2D eigenvalue weighted by atomic mass is 10.0. The lowest BCUT2D eigenvalue weighted by Crippen LogP contribution is -2.31. The number of aryl methyl sites for hydroxylation is 1. The van der Waals surface area contributed by atoms with Crippen LogP contribution < -0.4 is 5.32 Å². The topological polar surface area (TPSA) is 24.9 Å². The van der Waals surface area contributed by atoms with Gasteiger partial charge in [-0.15, -0.1) is 0 Å². The third-order valence-corrected chi connectivity index (χ3v) is 3.81. The van der Waals surface area contributed by atoms with Gasteiger partial charge in [0, 0.05) is 23.0 Å². The molecule has 112 valence electrons. The standard InChI is InChI=1S/C17H20ClFN2/c1-2-20-16(8-7-15-5-3-4-10-21-15)12-13-11-14(19)6-9-17(13)18/h3-6,9-11,16,20H,2,7-8,12H2,1H3. The zero-order valence-corrected chi connectivity index (χ0v) is 12.9. The van der Waals surface area contributed by atoms with Crippen LogP contribution in [0.5, 0.6) is 0 Å². The first-order chi connectivity index (χ1) is 10.2. The second-order valence-electron chi connectivity index (χ2n) is 5.05. The molecule has 1 atom stereocenters. The smallest absolute Gasteiger partial charge is 0.123 e. The number of nitrogens with zero attached hydrogens (tertiary/aromatic N) is 1. The van der Waals surface area contributed by atoms with Gasteiger partial charge in [0.2, 0.25) is 0 Å². The van der Waals surface area contributed by atoms with Crippen molar-refractivity contribution in [3.8, 4) is 0 Å². The van der Waals surface area contributed by atoms with E-state index in [1.807, 2.05) is 18.2 Å². The minimum atomic E-state index is -0.241. The molecular weight excluding hydrogens is 287 g/mol. The molecule has 1 N–H and O–H groups in total. The summed E-state index contributed by atoms with van der Waals surface area (Å²) < 4.78 is 13.3. The van der Waals surface area contributed by atoms with E-state index < -0.39 is 0 Å². The highest BCUT2D eigenvalue weighted by Crippen LogP contribution is 2.20. The van der Waals surface area contributed by atoms with E-state index in [2.05, 4.69) is 17.2 Å². The first-order valence-electron chi connectivity index (χ1n) is 7.26. The number of benzene rings is 1. The summed E-state index contributed by atoms with van der Waals surface area (Å²) in [6.45, 7) is 2.95. The third-order valence-electron chi connectivity index (χ3n) is 3.44. The highest BCUT2D eigenvalue weighted by Gasteiger charge is 2.12. The van der Waals surface area contributed by atoms with Crippen LogP contribution in [0, 0.1) is 5.82 Å². The normalized spacial score (nSPS) is 12.3. The molecule has 0 bridgehead atoms. The summed E-state index contributed by atoms with van der Waals surface area (Å²) >= 11 is 6.15. The Morgan fingerprint density at radius 2 is 2.14 bits per heavy atom. The average molecular weight is 307 g/mol. The van der Waals surface area contributed by atoms with Crippen LogP contribution in [0.2, 0.25) is 5.02 Å². The van der Waals surface area contributed by atoms with E-state index in [0.717, 1.165) is 37.1 Å². The van der Waals surface area contributed by atoms with Crippen molar-refractivity contribution in [3.63, 3.8) is 0 Å². The Bertz CT molecular complexity index is 560. The monoisotopic (exact) mass is 306 g/mol. The van der Waals surface area contributed by atoms with Gasteiger partial charge in [0.05, 0.1) is 0 Å². The zero-order chi connectivity index (χ0) is 15.1. The SMILES string of the molecule is CCNC(CCc1ccccn1)Cc1cc(F)ccc1Cl. The van der Waals surface area contributed by atoms with Crippen LogP contribution in [0.3, 0.4) is 0 Å². The van der Waals surface area contributed by atoms with Gasteiger partial charge in [0.25, 0.3) is 0 Å². The zero-order valence-electron chi connectivity index (χ0n) is 12.2. The lowest BCUT2D eigenvalue weighted by Gasteiger charge is -2.18. The summed E-state index contributed by atoms with van der Waals surface area (Å²) in [4.78, 5) is 4.34. The second-order valence-corrected chi connectivity index (χ2v) is 5.46. The minimum Gasteiger partial charge on any atom is -0.314 e. The Balaban J connectivity index is 2.00. The van der Waals surface area contributed by atoms with E-state index in [-0.39, 0.29) is 11.9 Å². The van der Waals surface area contributed by atoms with Gasteiger partial charge in [-0.2, -0.15) is 0 Å². The molecule has 0 amide bonds. The van der Waals surface area contributed by atoms with Crippen LogP contribution >= 0.6 is 11.6 Å². The first kappa shape index (κ1) is 15.9. The number of rotatable bonds is 7. The van der Waals surface area contributed by atoms with Crippen molar-refractivity contribution in [2.75, 3.05) is 6.54 Å². The Hall–Kier alpha value is -1.45. The highest BCUT2D eigenvalue weighted by molar-refractivity contribution is 6.31. The first-order valence-corrected chi connectivity index (χ1v) is 7.64. The van der Waals surface area contributed by atoms with E-state index >= 15 is 0 Å². The van der Waals surface area contributed by atoms with Crippen molar-refractivity contribution in [1.82, 2.24) is 10.3 Å². The van der Waals surface area contributed by atoms with Crippen molar-refractivity contribution < 1.29 is 4.39 Å². The van der Waals surface area contributed by atoms with E-state index in [1.54, 1.807) is 12.3 Å².